The van der Waals surface area contributed by atoms with Crippen molar-refractivity contribution in [3.8, 4) is 0 Å². The predicted octanol–water partition coefficient (Wildman–Crippen LogP) is 2.51. The number of likely N-dealkylation sites (N-methyl/N-ethyl adjacent to an activating group) is 1. The summed E-state index contributed by atoms with van der Waals surface area (Å²) in [5.74, 6) is -0.400. The number of halogens is 4. The van der Waals surface area contributed by atoms with E-state index in [2.05, 4.69) is 10.3 Å². The molecule has 1 N–H and O–H groups in total. The third kappa shape index (κ3) is 3.74. The highest BCUT2D eigenvalue weighted by atomic mass is 35.5. The average Bonchev–Trinajstić information content (AvgIpc) is 2.25. The molecule has 0 fully saturated rings. The van der Waals surface area contributed by atoms with Gasteiger partial charge in [0.25, 0.3) is 0 Å². The topological polar surface area (TPSA) is 42.0 Å². The van der Waals surface area contributed by atoms with Crippen LogP contribution < -0.4 is 5.32 Å². The van der Waals surface area contributed by atoms with E-state index in [1.54, 1.807) is 0 Å². The quantitative estimate of drug-likeness (QED) is 0.834. The summed E-state index contributed by atoms with van der Waals surface area (Å²) in [4.78, 5) is 14.4. The summed E-state index contributed by atoms with van der Waals surface area (Å²) < 4.78 is 36.9. The van der Waals surface area contributed by atoms with Crippen LogP contribution in [0.1, 0.15) is 11.3 Å². The molecule has 1 amide bonds. The lowest BCUT2D eigenvalue weighted by atomic mass is 10.2. The minimum absolute atomic E-state index is 0.100. The summed E-state index contributed by atoms with van der Waals surface area (Å²) in [6.07, 6.45) is -1.46. The number of hydrogen-bond acceptors (Lipinski definition) is 2. The number of nitrogens with one attached hydrogen (secondary N) is 1. The van der Waals surface area contributed by atoms with E-state index in [1.165, 1.54) is 13.1 Å². The van der Waals surface area contributed by atoms with Crippen molar-refractivity contribution in [2.45, 2.75) is 6.18 Å². The molecule has 0 atom stereocenters. The van der Waals surface area contributed by atoms with Crippen LogP contribution in [0.15, 0.2) is 18.3 Å². The molecule has 1 aromatic rings. The molecule has 1 rings (SSSR count). The van der Waals surface area contributed by atoms with E-state index in [9.17, 15) is 18.0 Å². The molecule has 3 nitrogen and oxygen atoms in total. The Morgan fingerprint density at radius 1 is 1.53 bits per heavy atom. The van der Waals surface area contributed by atoms with Crippen LogP contribution in [0.4, 0.5) is 13.2 Å². The van der Waals surface area contributed by atoms with Gasteiger partial charge in [-0.15, -0.1) is 0 Å². The molecule has 0 aromatic carbocycles. The van der Waals surface area contributed by atoms with Crippen LogP contribution in [0.2, 0.25) is 5.02 Å². The lowest BCUT2D eigenvalue weighted by molar-refractivity contribution is -0.137. The zero-order valence-electron chi connectivity index (χ0n) is 8.68. The van der Waals surface area contributed by atoms with Crippen LogP contribution in [0, 0.1) is 0 Å². The summed E-state index contributed by atoms with van der Waals surface area (Å²) in [5, 5.41) is 2.15. The molecule has 17 heavy (non-hydrogen) atoms. The van der Waals surface area contributed by atoms with Crippen LogP contribution in [0.25, 0.3) is 6.08 Å². The molecule has 0 bridgehead atoms. The molecular weight excluding hydrogens is 257 g/mol. The maximum atomic E-state index is 12.3. The van der Waals surface area contributed by atoms with Gasteiger partial charge in [0.1, 0.15) is 0 Å². The lowest BCUT2D eigenvalue weighted by Crippen LogP contribution is -2.14. The van der Waals surface area contributed by atoms with Crippen molar-refractivity contribution in [2.75, 3.05) is 7.05 Å². The van der Waals surface area contributed by atoms with Gasteiger partial charge in [-0.2, -0.15) is 13.2 Å². The predicted molar refractivity (Wildman–Crippen MR) is 57.3 cm³/mol. The van der Waals surface area contributed by atoms with Crippen molar-refractivity contribution < 1.29 is 18.0 Å². The summed E-state index contributed by atoms with van der Waals surface area (Å²) >= 11 is 5.62. The van der Waals surface area contributed by atoms with Gasteiger partial charge in [-0.3, -0.25) is 9.78 Å². The number of carbonyl (C=O) groups is 1. The number of pyridine rings is 1. The van der Waals surface area contributed by atoms with Crippen LogP contribution in [0.5, 0.6) is 0 Å². The Balaban J connectivity index is 2.99. The molecule has 0 aliphatic heterocycles. The van der Waals surface area contributed by atoms with E-state index < -0.39 is 17.6 Å². The number of nitrogens with zero attached hydrogens (tertiary/aromatic N) is 1. The fraction of sp³-hybridized carbons (Fsp3) is 0.200. The number of amides is 1. The maximum absolute atomic E-state index is 12.3. The van der Waals surface area contributed by atoms with E-state index >= 15 is 0 Å². The smallest absolute Gasteiger partial charge is 0.356 e. The number of rotatable bonds is 2. The normalized spacial score (nSPS) is 11.8. The van der Waals surface area contributed by atoms with Crippen molar-refractivity contribution in [1.29, 1.82) is 0 Å². The second-order valence-corrected chi connectivity index (χ2v) is 3.44. The number of hydrogen-bond donors (Lipinski definition) is 1. The van der Waals surface area contributed by atoms with Crippen molar-refractivity contribution in [2.24, 2.45) is 0 Å². The van der Waals surface area contributed by atoms with E-state index in [4.69, 9.17) is 11.6 Å². The van der Waals surface area contributed by atoms with Gasteiger partial charge >= 0.3 is 6.18 Å². The monoisotopic (exact) mass is 264 g/mol. The molecule has 0 saturated carbocycles. The van der Waals surface area contributed by atoms with Gasteiger partial charge in [-0.25, -0.2) is 0 Å². The van der Waals surface area contributed by atoms with Gasteiger partial charge in [-0.1, -0.05) is 11.6 Å². The van der Waals surface area contributed by atoms with E-state index in [-0.39, 0.29) is 10.7 Å². The highest BCUT2D eigenvalue weighted by molar-refractivity contribution is 6.32. The summed E-state index contributed by atoms with van der Waals surface area (Å²) in [6, 6.07) is 0.762. The molecule has 0 radical (unpaired) electrons. The number of aromatic nitrogens is 1. The Hall–Kier alpha value is -1.56. The molecule has 0 aliphatic carbocycles. The van der Waals surface area contributed by atoms with E-state index in [0.29, 0.717) is 6.20 Å². The van der Waals surface area contributed by atoms with Gasteiger partial charge in [0.2, 0.25) is 5.91 Å². The molecule has 0 saturated heterocycles. The van der Waals surface area contributed by atoms with E-state index in [1.807, 2.05) is 0 Å². The fourth-order valence-corrected chi connectivity index (χ4v) is 1.19. The van der Waals surface area contributed by atoms with Gasteiger partial charge in [0, 0.05) is 19.3 Å². The molecule has 92 valence electrons. The zero-order valence-corrected chi connectivity index (χ0v) is 9.43. The van der Waals surface area contributed by atoms with Crippen molar-refractivity contribution >= 4 is 23.6 Å². The average molecular weight is 265 g/mol. The molecule has 0 spiro atoms. The first kappa shape index (κ1) is 13.5. The van der Waals surface area contributed by atoms with Crippen molar-refractivity contribution in [1.82, 2.24) is 10.3 Å². The van der Waals surface area contributed by atoms with Gasteiger partial charge in [0.05, 0.1) is 16.3 Å². The Morgan fingerprint density at radius 3 is 2.65 bits per heavy atom. The zero-order chi connectivity index (χ0) is 13.1. The first-order valence-electron chi connectivity index (χ1n) is 4.47. The molecule has 1 aromatic heterocycles. The molecular formula is C10H8ClF3N2O. The highest BCUT2D eigenvalue weighted by Gasteiger charge is 2.31. The third-order valence-electron chi connectivity index (χ3n) is 1.84. The van der Waals surface area contributed by atoms with Gasteiger partial charge < -0.3 is 5.32 Å². The second kappa shape index (κ2) is 5.18. The fourth-order valence-electron chi connectivity index (χ4n) is 0.964. The summed E-state index contributed by atoms with van der Waals surface area (Å²) in [6.45, 7) is 0. The minimum Gasteiger partial charge on any atom is -0.356 e. The number of alkyl halides is 3. The summed E-state index contributed by atoms with van der Waals surface area (Å²) in [7, 11) is 1.43. The van der Waals surface area contributed by atoms with Crippen LogP contribution in [-0.4, -0.2) is 17.9 Å². The largest absolute Gasteiger partial charge is 0.417 e. The van der Waals surface area contributed by atoms with Gasteiger partial charge in [0.15, 0.2) is 0 Å². The maximum Gasteiger partial charge on any atom is 0.417 e. The minimum atomic E-state index is -4.49. The third-order valence-corrected chi connectivity index (χ3v) is 2.14. The molecule has 0 unspecified atom stereocenters. The Morgan fingerprint density at radius 2 is 2.18 bits per heavy atom. The van der Waals surface area contributed by atoms with E-state index in [0.717, 1.165) is 12.1 Å². The lowest BCUT2D eigenvalue weighted by Gasteiger charge is -2.07. The standard InChI is InChI=1S/C10H8ClF3N2O/c1-15-9(17)3-2-8-7(11)4-6(5-16-8)10(12,13)14/h2-5H,1H3,(H,15,17)/b3-2+. The van der Waals surface area contributed by atoms with Gasteiger partial charge in [-0.05, 0) is 12.1 Å². The van der Waals surface area contributed by atoms with Crippen LogP contribution >= 0.6 is 11.6 Å². The SMILES string of the molecule is CNC(=O)/C=C/c1ncc(C(F)(F)F)cc1Cl. The first-order chi connectivity index (χ1) is 7.84. The number of carbonyl (C=O) groups excluding carboxylic acids is 1. The van der Waals surface area contributed by atoms with Crippen LogP contribution in [0.3, 0.4) is 0 Å². The first-order valence-corrected chi connectivity index (χ1v) is 4.85. The second-order valence-electron chi connectivity index (χ2n) is 3.04. The van der Waals surface area contributed by atoms with Crippen molar-refractivity contribution in [3.05, 3.63) is 34.6 Å². The molecule has 7 heteroatoms. The Bertz CT molecular complexity index is 457. The Labute approximate surface area is 100 Å². The summed E-state index contributed by atoms with van der Waals surface area (Å²) in [5.41, 5.74) is -0.831. The highest BCUT2D eigenvalue weighted by Crippen LogP contribution is 2.31. The molecule has 1 heterocycles. The van der Waals surface area contributed by atoms with Crippen molar-refractivity contribution in [3.63, 3.8) is 0 Å². The van der Waals surface area contributed by atoms with Crippen LogP contribution in [-0.2, 0) is 11.0 Å². The Kier molecular flexibility index (Phi) is 4.11. The molecule has 0 aliphatic rings.